The maximum Gasteiger partial charge on any atom is 0.275 e. The van der Waals surface area contributed by atoms with Crippen LogP contribution in [-0.4, -0.2) is 32.6 Å². The van der Waals surface area contributed by atoms with Gasteiger partial charge in [0.15, 0.2) is 0 Å². The largest absolute Gasteiger partial charge is 0.495 e. The molecule has 1 amide bonds. The van der Waals surface area contributed by atoms with E-state index < -0.39 is 5.91 Å². The van der Waals surface area contributed by atoms with Gasteiger partial charge >= 0.3 is 0 Å². The average Bonchev–Trinajstić information content (AvgIpc) is 3.01. The summed E-state index contributed by atoms with van der Waals surface area (Å²) in [7, 11) is 3.11. The van der Waals surface area contributed by atoms with Crippen LogP contribution in [0.3, 0.4) is 0 Å². The van der Waals surface area contributed by atoms with Gasteiger partial charge in [-0.15, -0.1) is 0 Å². The van der Waals surface area contributed by atoms with E-state index in [-0.39, 0.29) is 17.7 Å². The van der Waals surface area contributed by atoms with Crippen LogP contribution in [0.4, 0.5) is 5.69 Å². The molecule has 9 nitrogen and oxygen atoms in total. The predicted octanol–water partition coefficient (Wildman–Crippen LogP) is 4.93. The van der Waals surface area contributed by atoms with Crippen LogP contribution in [0.2, 0.25) is 0 Å². The number of ether oxygens (including phenoxy) is 1. The van der Waals surface area contributed by atoms with E-state index in [9.17, 15) is 14.4 Å². The van der Waals surface area contributed by atoms with Crippen LogP contribution in [-0.2, 0) is 18.4 Å². The van der Waals surface area contributed by atoms with Crippen LogP contribution in [0.25, 0.3) is 44.1 Å². The highest BCUT2D eigenvalue weighted by molar-refractivity contribution is 5.97. The molecule has 0 bridgehead atoms. The molecule has 0 saturated carbocycles. The van der Waals surface area contributed by atoms with E-state index in [0.29, 0.717) is 44.5 Å². The topological polar surface area (TPSA) is 108 Å². The Morgan fingerprint density at radius 3 is 1.98 bits per heavy atom. The highest BCUT2D eigenvalue weighted by atomic mass is 16.5. The highest BCUT2D eigenvalue weighted by Gasteiger charge is 2.17. The lowest BCUT2D eigenvalue weighted by Crippen LogP contribution is -2.30. The first-order valence-corrected chi connectivity index (χ1v) is 13.4. The maximum atomic E-state index is 13.4. The molecule has 0 aliphatic rings. The standard InChI is InChI=1S/C33H27N5O4/c1-20-12-14-21(15-13-20)30-24-9-5-7-11-26(24)33(41)38(36-30)19-29(39)34-27-18-22(16-17-28(27)42-3)31-23-8-4-6-10-25(23)32(40)37(2)35-31/h4-18H,19H2,1-3H3,(H,34,39). The van der Waals surface area contributed by atoms with Gasteiger partial charge in [-0.3, -0.25) is 14.4 Å². The van der Waals surface area contributed by atoms with E-state index >= 15 is 0 Å². The zero-order valence-electron chi connectivity index (χ0n) is 23.3. The molecule has 0 aliphatic carbocycles. The molecule has 2 aromatic heterocycles. The quantitative estimate of drug-likeness (QED) is 0.311. The summed E-state index contributed by atoms with van der Waals surface area (Å²) in [5, 5.41) is 14.4. The van der Waals surface area contributed by atoms with Crippen molar-refractivity contribution in [2.24, 2.45) is 7.05 Å². The Morgan fingerprint density at radius 1 is 0.762 bits per heavy atom. The first-order valence-electron chi connectivity index (χ1n) is 13.4. The summed E-state index contributed by atoms with van der Waals surface area (Å²) in [5.41, 5.74) is 3.66. The Labute approximate surface area is 240 Å². The Morgan fingerprint density at radius 2 is 1.33 bits per heavy atom. The van der Waals surface area contributed by atoms with Gasteiger partial charge in [0.25, 0.3) is 11.1 Å². The SMILES string of the molecule is COc1ccc(-c2nn(C)c(=O)c3ccccc23)cc1NC(=O)Cn1nc(-c2ccc(C)cc2)c2ccccc2c1=O. The van der Waals surface area contributed by atoms with Crippen LogP contribution in [0.15, 0.2) is 101 Å². The Bertz CT molecular complexity index is 2110. The average molecular weight is 558 g/mol. The Hall–Kier alpha value is -5.57. The number of carbonyl (C=O) groups excluding carboxylic acids is 1. The lowest BCUT2D eigenvalue weighted by molar-refractivity contribution is -0.117. The van der Waals surface area contributed by atoms with Gasteiger partial charge in [-0.2, -0.15) is 10.2 Å². The molecule has 0 saturated heterocycles. The van der Waals surface area contributed by atoms with Crippen LogP contribution in [0.5, 0.6) is 5.75 Å². The lowest BCUT2D eigenvalue weighted by atomic mass is 10.0. The number of rotatable bonds is 6. The van der Waals surface area contributed by atoms with Gasteiger partial charge in [-0.05, 0) is 37.3 Å². The van der Waals surface area contributed by atoms with Crippen LogP contribution in [0, 0.1) is 6.92 Å². The van der Waals surface area contributed by atoms with E-state index in [1.54, 1.807) is 43.4 Å². The Kier molecular flexibility index (Phi) is 6.84. The summed E-state index contributed by atoms with van der Waals surface area (Å²) in [6.07, 6.45) is 0. The Balaban J connectivity index is 1.37. The number of aromatic nitrogens is 4. The zero-order valence-corrected chi connectivity index (χ0v) is 23.3. The summed E-state index contributed by atoms with van der Waals surface area (Å²) in [6, 6.07) is 27.6. The first-order chi connectivity index (χ1) is 20.3. The lowest BCUT2D eigenvalue weighted by Gasteiger charge is -2.15. The minimum atomic E-state index is -0.455. The maximum absolute atomic E-state index is 13.4. The smallest absolute Gasteiger partial charge is 0.275 e. The van der Waals surface area contributed by atoms with Crippen LogP contribution >= 0.6 is 0 Å². The van der Waals surface area contributed by atoms with Gasteiger partial charge in [0.05, 0.1) is 35.0 Å². The summed E-state index contributed by atoms with van der Waals surface area (Å²) in [5.74, 6) is -0.0242. The second-order valence-corrected chi connectivity index (χ2v) is 10.0. The molecule has 208 valence electrons. The fourth-order valence-corrected chi connectivity index (χ4v) is 5.06. The van der Waals surface area contributed by atoms with Gasteiger partial charge < -0.3 is 10.1 Å². The second-order valence-electron chi connectivity index (χ2n) is 10.0. The first kappa shape index (κ1) is 26.6. The predicted molar refractivity (Wildman–Crippen MR) is 164 cm³/mol. The number of nitrogens with one attached hydrogen (secondary N) is 1. The molecule has 2 heterocycles. The molecule has 0 unspecified atom stereocenters. The van der Waals surface area contributed by atoms with Crippen molar-refractivity contribution < 1.29 is 9.53 Å². The number of anilines is 1. The molecule has 9 heteroatoms. The van der Waals surface area contributed by atoms with Crippen LogP contribution < -0.4 is 21.2 Å². The number of nitrogens with zero attached hydrogens (tertiary/aromatic N) is 4. The molecule has 42 heavy (non-hydrogen) atoms. The van der Waals surface area contributed by atoms with Crippen molar-refractivity contribution in [3.05, 3.63) is 117 Å². The summed E-state index contributed by atoms with van der Waals surface area (Å²) >= 11 is 0. The summed E-state index contributed by atoms with van der Waals surface area (Å²) in [6.45, 7) is 1.69. The third-order valence-electron chi connectivity index (χ3n) is 7.19. The van der Waals surface area contributed by atoms with Crippen molar-refractivity contribution in [2.75, 3.05) is 12.4 Å². The van der Waals surface area contributed by atoms with Gasteiger partial charge in [-0.1, -0.05) is 66.2 Å². The van der Waals surface area contributed by atoms with Crippen molar-refractivity contribution in [1.82, 2.24) is 19.6 Å². The summed E-state index contributed by atoms with van der Waals surface area (Å²) < 4.78 is 7.99. The van der Waals surface area contributed by atoms with E-state index in [0.717, 1.165) is 16.5 Å². The van der Waals surface area contributed by atoms with Gasteiger partial charge in [0.2, 0.25) is 5.91 Å². The molecule has 0 radical (unpaired) electrons. The number of amides is 1. The number of aryl methyl sites for hydroxylation is 2. The summed E-state index contributed by atoms with van der Waals surface area (Å²) in [4.78, 5) is 39.3. The molecule has 1 N–H and O–H groups in total. The monoisotopic (exact) mass is 557 g/mol. The number of hydrogen-bond acceptors (Lipinski definition) is 6. The van der Waals surface area contributed by atoms with Crippen molar-refractivity contribution in [3.63, 3.8) is 0 Å². The molecule has 6 aromatic rings. The van der Waals surface area contributed by atoms with E-state index in [1.807, 2.05) is 61.5 Å². The number of benzene rings is 4. The van der Waals surface area contributed by atoms with Gasteiger partial charge in [0.1, 0.15) is 12.3 Å². The number of methoxy groups -OCH3 is 1. The number of carbonyl (C=O) groups is 1. The molecule has 0 aliphatic heterocycles. The highest BCUT2D eigenvalue weighted by Crippen LogP contribution is 2.32. The second kappa shape index (κ2) is 10.8. The molecule has 6 rings (SSSR count). The van der Waals surface area contributed by atoms with Gasteiger partial charge in [-0.25, -0.2) is 9.36 Å². The van der Waals surface area contributed by atoms with Gasteiger partial charge in [0, 0.05) is 28.9 Å². The molecule has 0 fully saturated rings. The zero-order chi connectivity index (χ0) is 29.4. The van der Waals surface area contributed by atoms with E-state index in [2.05, 4.69) is 15.5 Å². The van der Waals surface area contributed by atoms with Crippen LogP contribution in [0.1, 0.15) is 5.56 Å². The molecular formula is C33H27N5O4. The van der Waals surface area contributed by atoms with Crippen molar-refractivity contribution in [1.29, 1.82) is 0 Å². The van der Waals surface area contributed by atoms with Crippen molar-refractivity contribution in [3.8, 4) is 28.3 Å². The minimum absolute atomic E-state index is 0.199. The molecule has 4 aromatic carbocycles. The minimum Gasteiger partial charge on any atom is -0.495 e. The van der Waals surface area contributed by atoms with Crippen molar-refractivity contribution >= 4 is 33.1 Å². The molecule has 0 spiro atoms. The number of hydrogen-bond donors (Lipinski definition) is 1. The fraction of sp³-hybridized carbons (Fsp3) is 0.121. The number of fused-ring (bicyclic) bond motifs is 2. The van der Waals surface area contributed by atoms with Crippen molar-refractivity contribution in [2.45, 2.75) is 13.5 Å². The third-order valence-corrected chi connectivity index (χ3v) is 7.19. The molecular weight excluding hydrogens is 530 g/mol. The van der Waals surface area contributed by atoms with E-state index in [4.69, 9.17) is 4.74 Å². The normalized spacial score (nSPS) is 11.1. The fourth-order valence-electron chi connectivity index (χ4n) is 5.06. The molecule has 0 atom stereocenters. The van der Waals surface area contributed by atoms with E-state index in [1.165, 1.54) is 16.5 Å². The third kappa shape index (κ3) is 4.81.